The van der Waals surface area contributed by atoms with Crippen molar-refractivity contribution in [3.8, 4) is 11.5 Å². The van der Waals surface area contributed by atoms with Gasteiger partial charge in [-0.15, -0.1) is 12.4 Å². The van der Waals surface area contributed by atoms with Crippen LogP contribution in [0.3, 0.4) is 0 Å². The first kappa shape index (κ1) is 24.4. The quantitative estimate of drug-likeness (QED) is 0.422. The van der Waals surface area contributed by atoms with Crippen LogP contribution in [0.5, 0.6) is 11.5 Å². The lowest BCUT2D eigenvalue weighted by Crippen LogP contribution is -2.37. The fourth-order valence-electron chi connectivity index (χ4n) is 3.45. The molecule has 0 amide bonds. The van der Waals surface area contributed by atoms with Crippen LogP contribution >= 0.6 is 28.3 Å². The number of hydrogen-bond donors (Lipinski definition) is 1. The van der Waals surface area contributed by atoms with Crippen molar-refractivity contribution >= 4 is 50.7 Å². The largest absolute Gasteiger partial charge is 0.493 e. The molecule has 0 atom stereocenters. The van der Waals surface area contributed by atoms with E-state index < -0.39 is 0 Å². The first-order chi connectivity index (χ1) is 15.1. The summed E-state index contributed by atoms with van der Waals surface area (Å²) in [5.74, 6) is 1.31. The predicted molar refractivity (Wildman–Crippen MR) is 128 cm³/mol. The van der Waals surface area contributed by atoms with E-state index >= 15 is 0 Å². The van der Waals surface area contributed by atoms with Crippen molar-refractivity contribution in [1.29, 1.82) is 0 Å². The normalized spacial score (nSPS) is 14.1. The smallest absolute Gasteiger partial charge is 0.163 e. The van der Waals surface area contributed by atoms with Crippen LogP contribution in [-0.2, 0) is 4.74 Å². The van der Waals surface area contributed by atoms with Gasteiger partial charge in [-0.05, 0) is 30.7 Å². The zero-order valence-corrected chi connectivity index (χ0v) is 20.0. The van der Waals surface area contributed by atoms with Crippen LogP contribution in [0.2, 0.25) is 0 Å². The SMILES string of the molecule is COc1cc2c(Nc3ccc(Br)cc3F)ncnc2cc1OCCCN1CCOCC1.Cl. The predicted octanol–water partition coefficient (Wildman–Crippen LogP) is 4.81. The molecule has 3 aromatic rings. The minimum Gasteiger partial charge on any atom is -0.493 e. The number of anilines is 2. The Bertz CT molecular complexity index is 1050. The van der Waals surface area contributed by atoms with E-state index in [4.69, 9.17) is 14.2 Å². The van der Waals surface area contributed by atoms with E-state index in [1.54, 1.807) is 19.2 Å². The monoisotopic (exact) mass is 526 g/mol. The molecule has 0 bridgehead atoms. The van der Waals surface area contributed by atoms with Crippen molar-refractivity contribution in [2.75, 3.05) is 51.9 Å². The second-order valence-electron chi connectivity index (χ2n) is 7.15. The molecule has 2 heterocycles. The molecule has 0 saturated carbocycles. The summed E-state index contributed by atoms with van der Waals surface area (Å²) in [4.78, 5) is 11.0. The number of ether oxygens (including phenoxy) is 3. The van der Waals surface area contributed by atoms with E-state index in [1.807, 2.05) is 12.1 Å². The molecule has 32 heavy (non-hydrogen) atoms. The van der Waals surface area contributed by atoms with E-state index in [0.717, 1.165) is 39.3 Å². The Morgan fingerprint density at radius 2 is 1.97 bits per heavy atom. The third-order valence-electron chi connectivity index (χ3n) is 5.08. The topological polar surface area (TPSA) is 68.7 Å². The summed E-state index contributed by atoms with van der Waals surface area (Å²) in [5.41, 5.74) is 1.00. The lowest BCUT2D eigenvalue weighted by atomic mass is 10.2. The molecular weight excluding hydrogens is 503 g/mol. The fraction of sp³-hybridized carbons (Fsp3) is 0.364. The van der Waals surface area contributed by atoms with Crippen molar-refractivity contribution in [3.63, 3.8) is 0 Å². The van der Waals surface area contributed by atoms with Gasteiger partial charge >= 0.3 is 0 Å². The highest BCUT2D eigenvalue weighted by molar-refractivity contribution is 9.10. The number of aromatic nitrogens is 2. The van der Waals surface area contributed by atoms with Gasteiger partial charge in [-0.3, -0.25) is 4.90 Å². The van der Waals surface area contributed by atoms with Crippen molar-refractivity contribution in [3.05, 3.63) is 46.9 Å². The number of nitrogens with one attached hydrogen (secondary N) is 1. The van der Waals surface area contributed by atoms with E-state index in [9.17, 15) is 4.39 Å². The molecule has 10 heteroatoms. The lowest BCUT2D eigenvalue weighted by molar-refractivity contribution is 0.0357. The molecule has 1 aliphatic heterocycles. The second kappa shape index (κ2) is 11.6. The van der Waals surface area contributed by atoms with Crippen LogP contribution in [0.4, 0.5) is 15.9 Å². The van der Waals surface area contributed by atoms with Gasteiger partial charge in [-0.25, -0.2) is 14.4 Å². The number of methoxy groups -OCH3 is 1. The number of nitrogens with zero attached hydrogens (tertiary/aromatic N) is 3. The molecule has 0 spiro atoms. The highest BCUT2D eigenvalue weighted by atomic mass is 79.9. The fourth-order valence-corrected chi connectivity index (χ4v) is 3.78. The number of halogens is 3. The summed E-state index contributed by atoms with van der Waals surface area (Å²) in [6, 6.07) is 8.45. The molecule has 4 rings (SSSR count). The number of benzene rings is 2. The molecule has 1 N–H and O–H groups in total. The summed E-state index contributed by atoms with van der Waals surface area (Å²) in [6.45, 7) is 5.04. The Balaban J connectivity index is 0.00000289. The molecule has 0 radical (unpaired) electrons. The summed E-state index contributed by atoms with van der Waals surface area (Å²) in [6.07, 6.45) is 2.34. The molecule has 1 aromatic heterocycles. The number of morpholine rings is 1. The van der Waals surface area contributed by atoms with Crippen molar-refractivity contribution in [1.82, 2.24) is 14.9 Å². The van der Waals surface area contributed by atoms with Gasteiger partial charge in [0.2, 0.25) is 0 Å². The molecule has 1 aliphatic rings. The zero-order valence-electron chi connectivity index (χ0n) is 17.6. The van der Waals surface area contributed by atoms with Crippen LogP contribution in [0, 0.1) is 5.82 Å². The maximum absolute atomic E-state index is 14.3. The molecule has 1 saturated heterocycles. The summed E-state index contributed by atoms with van der Waals surface area (Å²) in [5, 5.41) is 3.75. The maximum Gasteiger partial charge on any atom is 0.163 e. The Morgan fingerprint density at radius 1 is 1.16 bits per heavy atom. The standard InChI is InChI=1S/C22H24BrFN4O3.ClH/c1-29-20-12-16-19(13-21(20)31-8-2-5-28-6-9-30-10-7-28)25-14-26-22(16)27-18-4-3-15(23)11-17(18)24;/h3-4,11-14H,2,5-10H2,1H3,(H,25,26,27);1H. The van der Waals surface area contributed by atoms with Gasteiger partial charge in [-0.2, -0.15) is 0 Å². The van der Waals surface area contributed by atoms with Crippen LogP contribution in [0.25, 0.3) is 10.9 Å². The number of hydrogen-bond acceptors (Lipinski definition) is 7. The summed E-state index contributed by atoms with van der Waals surface area (Å²) >= 11 is 3.26. The van der Waals surface area contributed by atoms with Crippen LogP contribution in [0.15, 0.2) is 41.1 Å². The minimum absolute atomic E-state index is 0. The average Bonchev–Trinajstić information content (AvgIpc) is 2.79. The summed E-state index contributed by atoms with van der Waals surface area (Å²) < 4.78 is 31.8. The maximum atomic E-state index is 14.3. The third kappa shape index (κ3) is 5.98. The molecular formula is C22H25BrClFN4O3. The third-order valence-corrected chi connectivity index (χ3v) is 5.58. The zero-order chi connectivity index (χ0) is 21.6. The molecule has 172 valence electrons. The lowest BCUT2D eigenvalue weighted by Gasteiger charge is -2.26. The first-order valence-electron chi connectivity index (χ1n) is 10.1. The second-order valence-corrected chi connectivity index (χ2v) is 8.06. The van der Waals surface area contributed by atoms with Crippen molar-refractivity contribution < 1.29 is 18.6 Å². The highest BCUT2D eigenvalue weighted by Crippen LogP contribution is 2.35. The van der Waals surface area contributed by atoms with Crippen LogP contribution in [-0.4, -0.2) is 61.4 Å². The van der Waals surface area contributed by atoms with Crippen molar-refractivity contribution in [2.24, 2.45) is 0 Å². The van der Waals surface area contributed by atoms with E-state index in [1.165, 1.54) is 12.4 Å². The van der Waals surface area contributed by atoms with Gasteiger partial charge < -0.3 is 19.5 Å². The van der Waals surface area contributed by atoms with E-state index in [-0.39, 0.29) is 18.2 Å². The van der Waals surface area contributed by atoms with Gasteiger partial charge in [0.05, 0.1) is 38.1 Å². The Hall–Kier alpha value is -2.20. The molecule has 2 aromatic carbocycles. The number of rotatable bonds is 8. The van der Waals surface area contributed by atoms with E-state index in [0.29, 0.717) is 45.0 Å². The first-order valence-corrected chi connectivity index (χ1v) is 10.9. The van der Waals surface area contributed by atoms with Gasteiger partial charge in [0.1, 0.15) is 18.0 Å². The van der Waals surface area contributed by atoms with Gasteiger partial charge in [-0.1, -0.05) is 15.9 Å². The van der Waals surface area contributed by atoms with Gasteiger partial charge in [0.15, 0.2) is 11.5 Å². The Kier molecular flexibility index (Phi) is 8.86. The minimum atomic E-state index is -0.381. The average molecular weight is 528 g/mol. The molecule has 7 nitrogen and oxygen atoms in total. The molecule has 0 aliphatic carbocycles. The van der Waals surface area contributed by atoms with Gasteiger partial charge in [0.25, 0.3) is 0 Å². The van der Waals surface area contributed by atoms with Crippen LogP contribution in [0.1, 0.15) is 6.42 Å². The van der Waals surface area contributed by atoms with Gasteiger partial charge in [0, 0.05) is 35.6 Å². The Labute approximate surface area is 200 Å². The molecule has 1 fully saturated rings. The molecule has 0 unspecified atom stereocenters. The summed E-state index contributed by atoms with van der Waals surface area (Å²) in [7, 11) is 1.59. The van der Waals surface area contributed by atoms with E-state index in [2.05, 4.69) is 36.1 Å². The van der Waals surface area contributed by atoms with Crippen LogP contribution < -0.4 is 14.8 Å². The number of fused-ring (bicyclic) bond motifs is 1. The highest BCUT2D eigenvalue weighted by Gasteiger charge is 2.14. The van der Waals surface area contributed by atoms with Crippen molar-refractivity contribution in [2.45, 2.75) is 6.42 Å². The Morgan fingerprint density at radius 3 is 2.72 bits per heavy atom.